The van der Waals surface area contributed by atoms with Gasteiger partial charge in [0.05, 0.1) is 5.56 Å². The number of hydrogen-bond acceptors (Lipinski definition) is 4. The second kappa shape index (κ2) is 7.27. The van der Waals surface area contributed by atoms with Crippen molar-refractivity contribution in [1.82, 2.24) is 14.4 Å². The summed E-state index contributed by atoms with van der Waals surface area (Å²) in [7, 11) is 0. The first-order valence-electron chi connectivity index (χ1n) is 7.97. The molecule has 0 bridgehead atoms. The van der Waals surface area contributed by atoms with Crippen molar-refractivity contribution in [1.29, 1.82) is 0 Å². The highest BCUT2D eigenvalue weighted by Crippen LogP contribution is 2.12. The molecule has 0 atom stereocenters. The Morgan fingerprint density at radius 3 is 2.50 bits per heavy atom. The largest absolute Gasteiger partial charge is 0.336 e. The Bertz CT molecular complexity index is 778. The normalized spacial score (nSPS) is 15.7. The lowest BCUT2D eigenvalue weighted by Crippen LogP contribution is -2.49. The molecule has 0 spiro atoms. The number of carbonyl (C=O) groups excluding carboxylic acids is 1. The second-order valence-corrected chi connectivity index (χ2v) is 6.73. The van der Waals surface area contributed by atoms with Crippen molar-refractivity contribution in [2.45, 2.75) is 13.5 Å². The van der Waals surface area contributed by atoms with Gasteiger partial charge >= 0.3 is 4.87 Å². The molecule has 2 aromatic rings. The van der Waals surface area contributed by atoms with Crippen LogP contribution < -0.4 is 4.87 Å². The summed E-state index contributed by atoms with van der Waals surface area (Å²) in [5.41, 5.74) is 1.12. The molecule has 0 saturated carbocycles. The first kappa shape index (κ1) is 16.9. The van der Waals surface area contributed by atoms with Crippen molar-refractivity contribution in [3.63, 3.8) is 0 Å². The van der Waals surface area contributed by atoms with Crippen LogP contribution in [0.3, 0.4) is 0 Å². The number of benzene rings is 1. The molecule has 1 aromatic heterocycles. The van der Waals surface area contributed by atoms with Gasteiger partial charge in [0.2, 0.25) is 0 Å². The van der Waals surface area contributed by atoms with Gasteiger partial charge in [0.1, 0.15) is 5.82 Å². The third-order valence-corrected chi connectivity index (χ3v) is 5.26. The van der Waals surface area contributed by atoms with E-state index in [4.69, 9.17) is 0 Å². The Morgan fingerprint density at radius 1 is 1.17 bits per heavy atom. The molecule has 7 heteroatoms. The van der Waals surface area contributed by atoms with Crippen LogP contribution >= 0.6 is 11.3 Å². The zero-order valence-electron chi connectivity index (χ0n) is 13.6. The Labute approximate surface area is 143 Å². The van der Waals surface area contributed by atoms with Crippen molar-refractivity contribution in [3.05, 3.63) is 56.4 Å². The van der Waals surface area contributed by atoms with Gasteiger partial charge in [-0.25, -0.2) is 4.39 Å². The molecular formula is C17H20FN3O2S. The predicted octanol–water partition coefficient (Wildman–Crippen LogP) is 1.82. The third kappa shape index (κ3) is 3.57. The van der Waals surface area contributed by atoms with Gasteiger partial charge in [0.15, 0.2) is 0 Å². The van der Waals surface area contributed by atoms with Crippen LogP contribution in [0.2, 0.25) is 0 Å². The molecule has 1 saturated heterocycles. The number of aromatic nitrogens is 1. The van der Waals surface area contributed by atoms with E-state index in [1.807, 2.05) is 12.3 Å². The minimum atomic E-state index is -0.475. The molecule has 1 aliphatic heterocycles. The van der Waals surface area contributed by atoms with Gasteiger partial charge in [-0.2, -0.15) is 0 Å². The summed E-state index contributed by atoms with van der Waals surface area (Å²) in [5.74, 6) is -0.727. The van der Waals surface area contributed by atoms with Gasteiger partial charge in [0, 0.05) is 50.3 Å². The van der Waals surface area contributed by atoms with Gasteiger partial charge in [-0.1, -0.05) is 23.5 Å². The fourth-order valence-corrected chi connectivity index (χ4v) is 3.66. The zero-order valence-corrected chi connectivity index (χ0v) is 14.4. The van der Waals surface area contributed by atoms with Crippen LogP contribution in [0.1, 0.15) is 16.1 Å². The van der Waals surface area contributed by atoms with Crippen molar-refractivity contribution < 1.29 is 9.18 Å². The van der Waals surface area contributed by atoms with Gasteiger partial charge < -0.3 is 9.47 Å². The number of piperazine rings is 1. The monoisotopic (exact) mass is 349 g/mol. The maximum absolute atomic E-state index is 13.7. The van der Waals surface area contributed by atoms with Gasteiger partial charge in [-0.3, -0.25) is 14.5 Å². The maximum Gasteiger partial charge on any atom is 0.307 e. The summed E-state index contributed by atoms with van der Waals surface area (Å²) in [4.78, 5) is 28.1. The van der Waals surface area contributed by atoms with Crippen LogP contribution in [0.25, 0.3) is 0 Å². The summed E-state index contributed by atoms with van der Waals surface area (Å²) < 4.78 is 15.5. The fourth-order valence-electron chi connectivity index (χ4n) is 2.90. The molecule has 5 nitrogen and oxygen atoms in total. The molecule has 1 amide bonds. The topological polar surface area (TPSA) is 45.6 Å². The highest BCUT2D eigenvalue weighted by atomic mass is 32.1. The van der Waals surface area contributed by atoms with E-state index in [-0.39, 0.29) is 16.3 Å². The van der Waals surface area contributed by atoms with E-state index in [1.165, 1.54) is 23.5 Å². The van der Waals surface area contributed by atoms with E-state index in [2.05, 4.69) is 4.90 Å². The lowest BCUT2D eigenvalue weighted by atomic mass is 10.1. The highest BCUT2D eigenvalue weighted by molar-refractivity contribution is 7.07. The van der Waals surface area contributed by atoms with Crippen LogP contribution in [-0.2, 0) is 6.54 Å². The molecule has 1 aliphatic rings. The van der Waals surface area contributed by atoms with Crippen LogP contribution in [0, 0.1) is 12.7 Å². The molecule has 0 unspecified atom stereocenters. The minimum Gasteiger partial charge on any atom is -0.336 e. The molecule has 24 heavy (non-hydrogen) atoms. The number of nitrogens with zero attached hydrogens (tertiary/aromatic N) is 3. The number of aryl methyl sites for hydroxylation is 1. The van der Waals surface area contributed by atoms with Gasteiger partial charge in [0.25, 0.3) is 5.91 Å². The number of amides is 1. The number of hydrogen-bond donors (Lipinski definition) is 0. The number of thiazole rings is 1. The van der Waals surface area contributed by atoms with Gasteiger partial charge in [-0.15, -0.1) is 0 Å². The number of carbonyl (C=O) groups is 1. The lowest BCUT2D eigenvalue weighted by Gasteiger charge is -2.34. The molecular weight excluding hydrogens is 329 g/mol. The molecule has 0 radical (unpaired) electrons. The molecule has 1 aromatic carbocycles. The minimum absolute atomic E-state index is 0.0702. The average molecular weight is 349 g/mol. The van der Waals surface area contributed by atoms with Crippen LogP contribution in [0.4, 0.5) is 4.39 Å². The molecule has 0 aliphatic carbocycles. The van der Waals surface area contributed by atoms with Gasteiger partial charge in [-0.05, 0) is 19.1 Å². The molecule has 3 rings (SSSR count). The Hall–Kier alpha value is -1.99. The summed E-state index contributed by atoms with van der Waals surface area (Å²) in [5, 5.41) is 1.87. The lowest BCUT2D eigenvalue weighted by molar-refractivity contribution is 0.0628. The standard InChI is InChI=1S/C17H20FN3O2S/c1-13-12-24-17(23)21(13)11-8-19-6-9-20(10-7-19)16(22)14-4-2-3-5-15(14)18/h2-5,12H,6-11H2,1H3. The first-order chi connectivity index (χ1) is 11.6. The van der Waals surface area contributed by atoms with E-state index >= 15 is 0 Å². The fraction of sp³-hybridized carbons (Fsp3) is 0.412. The van der Waals surface area contributed by atoms with Crippen LogP contribution in [0.5, 0.6) is 0 Å². The summed E-state index contributed by atoms with van der Waals surface area (Å²) in [6.45, 7) is 5.99. The van der Waals surface area contributed by atoms with Crippen molar-refractivity contribution >= 4 is 17.2 Å². The molecule has 2 heterocycles. The predicted molar refractivity (Wildman–Crippen MR) is 92.1 cm³/mol. The average Bonchev–Trinajstić information content (AvgIpc) is 2.91. The Kier molecular flexibility index (Phi) is 5.11. The summed E-state index contributed by atoms with van der Waals surface area (Å²) in [6.07, 6.45) is 0. The van der Waals surface area contributed by atoms with Crippen LogP contribution in [0.15, 0.2) is 34.4 Å². The molecule has 1 fully saturated rings. The Morgan fingerprint density at radius 2 is 1.88 bits per heavy atom. The second-order valence-electron chi connectivity index (χ2n) is 5.91. The first-order valence-corrected chi connectivity index (χ1v) is 8.85. The number of halogens is 1. The highest BCUT2D eigenvalue weighted by Gasteiger charge is 2.23. The number of rotatable bonds is 4. The summed E-state index contributed by atoms with van der Waals surface area (Å²) >= 11 is 1.22. The van der Waals surface area contributed by atoms with Crippen LogP contribution in [-0.4, -0.2) is 53.0 Å². The van der Waals surface area contributed by atoms with E-state index in [0.717, 1.165) is 25.3 Å². The quantitative estimate of drug-likeness (QED) is 0.846. The van der Waals surface area contributed by atoms with E-state index < -0.39 is 5.82 Å². The molecule has 128 valence electrons. The summed E-state index contributed by atoms with van der Waals surface area (Å²) in [6, 6.07) is 6.09. The zero-order chi connectivity index (χ0) is 17.1. The van der Waals surface area contributed by atoms with Crippen molar-refractivity contribution in [2.24, 2.45) is 0 Å². The third-order valence-electron chi connectivity index (χ3n) is 4.38. The molecule has 0 N–H and O–H groups in total. The van der Waals surface area contributed by atoms with Crippen molar-refractivity contribution in [2.75, 3.05) is 32.7 Å². The Balaban J connectivity index is 1.53. The maximum atomic E-state index is 13.7. The SMILES string of the molecule is Cc1csc(=O)n1CCN1CCN(C(=O)c2ccccc2F)CC1. The van der Waals surface area contributed by atoms with E-state index in [0.29, 0.717) is 19.6 Å². The van der Waals surface area contributed by atoms with Crippen molar-refractivity contribution in [3.8, 4) is 0 Å². The van der Waals surface area contributed by atoms with E-state index in [1.54, 1.807) is 21.6 Å². The smallest absolute Gasteiger partial charge is 0.307 e. The van der Waals surface area contributed by atoms with E-state index in [9.17, 15) is 14.0 Å².